The van der Waals surface area contributed by atoms with Gasteiger partial charge < -0.3 is 9.84 Å². The first-order valence-corrected chi connectivity index (χ1v) is 6.41. The van der Waals surface area contributed by atoms with Gasteiger partial charge >= 0.3 is 0 Å². The normalized spacial score (nSPS) is 12.2. The molecule has 0 saturated carbocycles. The van der Waals surface area contributed by atoms with Gasteiger partial charge in [0.25, 0.3) is 0 Å². The van der Waals surface area contributed by atoms with Crippen LogP contribution in [0.4, 0.5) is 0 Å². The molecule has 94 valence electrons. The van der Waals surface area contributed by atoms with Crippen molar-refractivity contribution >= 4 is 15.9 Å². The third-order valence-electron chi connectivity index (χ3n) is 2.70. The molecule has 0 aliphatic carbocycles. The zero-order valence-corrected chi connectivity index (χ0v) is 11.6. The van der Waals surface area contributed by atoms with E-state index < -0.39 is 6.10 Å². The van der Waals surface area contributed by atoms with Gasteiger partial charge in [-0.25, -0.2) is 0 Å². The fraction of sp³-hybridized carbons (Fsp3) is 0.214. The average molecular weight is 308 g/mol. The van der Waals surface area contributed by atoms with E-state index in [-0.39, 0.29) is 0 Å². The summed E-state index contributed by atoms with van der Waals surface area (Å²) in [4.78, 5) is 4.19. The number of hydrogen-bond donors (Lipinski definition) is 1. The largest absolute Gasteiger partial charge is 0.496 e. The van der Waals surface area contributed by atoms with Crippen LogP contribution in [0.2, 0.25) is 0 Å². The maximum Gasteiger partial charge on any atom is 0.122 e. The van der Waals surface area contributed by atoms with Gasteiger partial charge in [0.05, 0.1) is 12.8 Å². The standard InChI is InChI=1S/C14H14BrNO2/c1-18-14-5-3-2-4-10(14)8-13(17)12-7-6-11(15)9-16-12/h2-7,9,13,17H,8H2,1H3. The fourth-order valence-corrected chi connectivity index (χ4v) is 2.00. The van der Waals surface area contributed by atoms with E-state index >= 15 is 0 Å². The lowest BCUT2D eigenvalue weighted by atomic mass is 10.0. The molecule has 2 rings (SSSR count). The molecule has 2 aromatic rings. The predicted molar refractivity (Wildman–Crippen MR) is 73.6 cm³/mol. The highest BCUT2D eigenvalue weighted by Crippen LogP contribution is 2.24. The monoisotopic (exact) mass is 307 g/mol. The molecule has 4 heteroatoms. The van der Waals surface area contributed by atoms with E-state index in [9.17, 15) is 5.11 Å². The first kappa shape index (κ1) is 13.1. The summed E-state index contributed by atoms with van der Waals surface area (Å²) < 4.78 is 6.16. The van der Waals surface area contributed by atoms with E-state index in [2.05, 4.69) is 20.9 Å². The predicted octanol–water partition coefficient (Wildman–Crippen LogP) is 3.13. The van der Waals surface area contributed by atoms with Crippen LogP contribution in [0.25, 0.3) is 0 Å². The van der Waals surface area contributed by atoms with Crippen molar-refractivity contribution in [1.82, 2.24) is 4.98 Å². The molecule has 0 radical (unpaired) electrons. The van der Waals surface area contributed by atoms with E-state index in [1.54, 1.807) is 13.3 Å². The van der Waals surface area contributed by atoms with E-state index in [0.29, 0.717) is 12.1 Å². The van der Waals surface area contributed by atoms with Crippen molar-refractivity contribution in [3.63, 3.8) is 0 Å². The van der Waals surface area contributed by atoms with Crippen molar-refractivity contribution in [2.75, 3.05) is 7.11 Å². The van der Waals surface area contributed by atoms with Crippen molar-refractivity contribution in [2.45, 2.75) is 12.5 Å². The summed E-state index contributed by atoms with van der Waals surface area (Å²) in [6.07, 6.45) is 1.54. The minimum Gasteiger partial charge on any atom is -0.496 e. The van der Waals surface area contributed by atoms with Crippen LogP contribution < -0.4 is 4.74 Å². The van der Waals surface area contributed by atoms with Crippen LogP contribution in [-0.2, 0) is 6.42 Å². The highest BCUT2D eigenvalue weighted by atomic mass is 79.9. The number of ether oxygens (including phenoxy) is 1. The molecule has 1 aromatic heterocycles. The number of methoxy groups -OCH3 is 1. The van der Waals surface area contributed by atoms with Crippen LogP contribution >= 0.6 is 15.9 Å². The first-order valence-electron chi connectivity index (χ1n) is 5.62. The molecular weight excluding hydrogens is 294 g/mol. The average Bonchev–Trinajstić information content (AvgIpc) is 2.40. The smallest absolute Gasteiger partial charge is 0.122 e. The Morgan fingerprint density at radius 2 is 2.06 bits per heavy atom. The van der Waals surface area contributed by atoms with Gasteiger partial charge in [-0.2, -0.15) is 0 Å². The third-order valence-corrected chi connectivity index (χ3v) is 3.17. The van der Waals surface area contributed by atoms with Gasteiger partial charge in [0.15, 0.2) is 0 Å². The molecule has 0 spiro atoms. The van der Waals surface area contributed by atoms with Crippen molar-refractivity contribution in [1.29, 1.82) is 0 Å². The first-order chi connectivity index (χ1) is 8.70. The molecule has 0 fully saturated rings. The Kier molecular flexibility index (Phi) is 4.33. The van der Waals surface area contributed by atoms with Crippen LogP contribution in [0.3, 0.4) is 0 Å². The minimum atomic E-state index is -0.630. The lowest BCUT2D eigenvalue weighted by Crippen LogP contribution is -2.05. The molecule has 1 unspecified atom stereocenters. The SMILES string of the molecule is COc1ccccc1CC(O)c1ccc(Br)cn1. The molecule has 18 heavy (non-hydrogen) atoms. The number of hydrogen-bond acceptors (Lipinski definition) is 3. The van der Waals surface area contributed by atoms with E-state index in [0.717, 1.165) is 15.8 Å². The van der Waals surface area contributed by atoms with Crippen molar-refractivity contribution in [3.8, 4) is 5.75 Å². The molecule has 3 nitrogen and oxygen atoms in total. The summed E-state index contributed by atoms with van der Waals surface area (Å²) in [5, 5.41) is 10.2. The second kappa shape index (κ2) is 5.98. The van der Waals surface area contributed by atoms with Gasteiger partial charge in [-0.05, 0) is 39.7 Å². The second-order valence-electron chi connectivity index (χ2n) is 3.93. The number of pyridine rings is 1. The topological polar surface area (TPSA) is 42.4 Å². The molecule has 1 aromatic carbocycles. The summed E-state index contributed by atoms with van der Waals surface area (Å²) in [5.41, 5.74) is 1.63. The maximum absolute atomic E-state index is 10.2. The maximum atomic E-state index is 10.2. The van der Waals surface area contributed by atoms with Crippen LogP contribution in [-0.4, -0.2) is 17.2 Å². The quantitative estimate of drug-likeness (QED) is 0.943. The summed E-state index contributed by atoms with van der Waals surface area (Å²) in [6.45, 7) is 0. The molecule has 1 atom stereocenters. The highest BCUT2D eigenvalue weighted by Gasteiger charge is 2.12. The highest BCUT2D eigenvalue weighted by molar-refractivity contribution is 9.10. The summed E-state index contributed by atoms with van der Waals surface area (Å²) in [5.74, 6) is 0.786. The van der Waals surface area contributed by atoms with E-state index in [1.165, 1.54) is 0 Å². The van der Waals surface area contributed by atoms with Gasteiger partial charge in [0.2, 0.25) is 0 Å². The number of halogens is 1. The zero-order valence-electron chi connectivity index (χ0n) is 10.0. The van der Waals surface area contributed by atoms with Gasteiger partial charge in [-0.1, -0.05) is 18.2 Å². The van der Waals surface area contributed by atoms with Crippen LogP contribution in [0.1, 0.15) is 17.4 Å². The summed E-state index contributed by atoms with van der Waals surface area (Å²) >= 11 is 3.32. The molecule has 0 aliphatic rings. The Morgan fingerprint density at radius 3 is 2.72 bits per heavy atom. The number of aliphatic hydroxyl groups excluding tert-OH is 1. The second-order valence-corrected chi connectivity index (χ2v) is 4.85. The molecule has 0 amide bonds. The van der Waals surface area contributed by atoms with Crippen molar-refractivity contribution < 1.29 is 9.84 Å². The number of nitrogens with zero attached hydrogens (tertiary/aromatic N) is 1. The number of para-hydroxylation sites is 1. The van der Waals surface area contributed by atoms with Crippen LogP contribution in [0.5, 0.6) is 5.75 Å². The molecule has 0 aliphatic heterocycles. The molecular formula is C14H14BrNO2. The Labute approximate surface area is 115 Å². The van der Waals surface area contributed by atoms with Gasteiger partial charge in [-0.15, -0.1) is 0 Å². The van der Waals surface area contributed by atoms with E-state index in [1.807, 2.05) is 36.4 Å². The fourth-order valence-electron chi connectivity index (χ4n) is 1.77. The van der Waals surface area contributed by atoms with Crippen molar-refractivity contribution in [3.05, 3.63) is 58.3 Å². The van der Waals surface area contributed by atoms with Gasteiger partial charge in [-0.3, -0.25) is 4.98 Å². The Hall–Kier alpha value is -1.39. The number of aromatic nitrogens is 1. The minimum absolute atomic E-state index is 0.485. The lowest BCUT2D eigenvalue weighted by Gasteiger charge is -2.13. The Balaban J connectivity index is 2.15. The summed E-state index contributed by atoms with van der Waals surface area (Å²) in [6, 6.07) is 11.3. The lowest BCUT2D eigenvalue weighted by molar-refractivity contribution is 0.172. The Bertz CT molecular complexity index is 513. The molecule has 1 heterocycles. The number of aliphatic hydroxyl groups is 1. The van der Waals surface area contributed by atoms with E-state index in [4.69, 9.17) is 4.74 Å². The van der Waals surface area contributed by atoms with Gasteiger partial charge in [0.1, 0.15) is 11.9 Å². The molecule has 0 bridgehead atoms. The molecule has 1 N–H and O–H groups in total. The third kappa shape index (κ3) is 3.09. The van der Waals surface area contributed by atoms with Crippen LogP contribution in [0, 0.1) is 0 Å². The number of benzene rings is 1. The van der Waals surface area contributed by atoms with Crippen molar-refractivity contribution in [2.24, 2.45) is 0 Å². The number of rotatable bonds is 4. The Morgan fingerprint density at radius 1 is 1.28 bits per heavy atom. The summed E-state index contributed by atoms with van der Waals surface area (Å²) in [7, 11) is 1.63. The van der Waals surface area contributed by atoms with Crippen LogP contribution in [0.15, 0.2) is 47.1 Å². The van der Waals surface area contributed by atoms with Gasteiger partial charge in [0, 0.05) is 17.1 Å². The molecule has 0 saturated heterocycles. The zero-order chi connectivity index (χ0) is 13.0.